The average Bonchev–Trinajstić information content (AvgIpc) is 2.95. The normalized spacial score (nSPS) is 24.4. The summed E-state index contributed by atoms with van der Waals surface area (Å²) >= 11 is 5.75. The van der Waals surface area contributed by atoms with E-state index in [4.69, 9.17) is 11.6 Å². The Bertz CT molecular complexity index is 695. The zero-order valence-corrected chi connectivity index (χ0v) is 14.1. The predicted octanol–water partition coefficient (Wildman–Crippen LogP) is 4.16. The van der Waals surface area contributed by atoms with Gasteiger partial charge in [0.25, 0.3) is 11.6 Å². The van der Waals surface area contributed by atoms with Crippen LogP contribution in [-0.4, -0.2) is 27.9 Å². The second kappa shape index (κ2) is 6.53. The van der Waals surface area contributed by atoms with Crippen LogP contribution in [0.4, 0.5) is 13.2 Å². The lowest BCUT2D eigenvalue weighted by Gasteiger charge is -2.33. The quantitative estimate of drug-likeness (QED) is 0.776. The molecule has 0 unspecified atom stereocenters. The van der Waals surface area contributed by atoms with Crippen LogP contribution in [0.5, 0.6) is 0 Å². The van der Waals surface area contributed by atoms with Gasteiger partial charge in [-0.15, -0.1) is 0 Å². The topological polar surface area (TPSA) is 52.6 Å². The molecule has 1 aromatic carbocycles. The van der Waals surface area contributed by atoms with Crippen LogP contribution in [-0.2, 0) is 0 Å². The van der Waals surface area contributed by atoms with Gasteiger partial charge in [0.2, 0.25) is 0 Å². The molecule has 0 radical (unpaired) electrons. The molecule has 4 nitrogen and oxygen atoms in total. The highest BCUT2D eigenvalue weighted by Gasteiger charge is 2.63. The van der Waals surface area contributed by atoms with Crippen molar-refractivity contribution in [2.24, 2.45) is 0 Å². The molecular weight excluding hydrogens is 357 g/mol. The van der Waals surface area contributed by atoms with Crippen LogP contribution < -0.4 is 5.43 Å². The highest BCUT2D eigenvalue weighted by molar-refractivity contribution is 6.30. The summed E-state index contributed by atoms with van der Waals surface area (Å²) in [6.07, 6.45) is -1.47. The maximum Gasteiger partial charge on any atom is 0.438 e. The number of alkyl halides is 3. The van der Waals surface area contributed by atoms with Crippen molar-refractivity contribution in [1.82, 2.24) is 10.4 Å². The molecule has 8 heteroatoms. The fraction of sp³-hybridized carbons (Fsp3) is 0.471. The summed E-state index contributed by atoms with van der Waals surface area (Å²) in [5.41, 5.74) is 0.406. The number of aliphatic hydroxyl groups is 1. The number of hydrazine groups is 1. The standard InChI is InChI=1S/C17H18ClF3N2O2/c18-13-8-6-12(7-9-13)15(24)23-16(25,17(19,20)21)10-14(22-23)11-4-2-1-3-5-11/h6-9,22,25H,1-5,10H2/t16-/m0/s1. The molecule has 0 spiro atoms. The number of rotatable bonds is 1. The number of hydrogen-bond acceptors (Lipinski definition) is 3. The number of allylic oxidation sites excluding steroid dienone is 1. The molecule has 25 heavy (non-hydrogen) atoms. The second-order valence-corrected chi connectivity index (χ2v) is 6.83. The third-order valence-corrected chi connectivity index (χ3v) is 4.92. The molecule has 1 saturated heterocycles. The Morgan fingerprint density at radius 3 is 2.32 bits per heavy atom. The molecule has 1 saturated carbocycles. The third-order valence-electron chi connectivity index (χ3n) is 4.67. The zero-order valence-electron chi connectivity index (χ0n) is 13.4. The highest BCUT2D eigenvalue weighted by Crippen LogP contribution is 2.43. The van der Waals surface area contributed by atoms with Crippen LogP contribution in [0, 0.1) is 0 Å². The number of nitrogens with one attached hydrogen (secondary N) is 1. The Balaban J connectivity index is 1.97. The van der Waals surface area contributed by atoms with E-state index in [0.29, 0.717) is 28.6 Å². The highest BCUT2D eigenvalue weighted by atomic mass is 35.5. The van der Waals surface area contributed by atoms with E-state index in [9.17, 15) is 23.1 Å². The summed E-state index contributed by atoms with van der Waals surface area (Å²) in [4.78, 5) is 12.6. The molecule has 1 atom stereocenters. The summed E-state index contributed by atoms with van der Waals surface area (Å²) in [7, 11) is 0. The lowest BCUT2D eigenvalue weighted by Crippen LogP contribution is -2.59. The molecule has 1 aromatic rings. The van der Waals surface area contributed by atoms with Gasteiger partial charge in [-0.3, -0.25) is 10.2 Å². The first-order valence-corrected chi connectivity index (χ1v) is 8.47. The van der Waals surface area contributed by atoms with Gasteiger partial charge in [0.05, 0.1) is 0 Å². The van der Waals surface area contributed by atoms with Gasteiger partial charge in [-0.25, -0.2) is 5.01 Å². The number of carbonyl (C=O) groups excluding carboxylic acids is 1. The third kappa shape index (κ3) is 3.35. The first kappa shape index (κ1) is 18.1. The first-order chi connectivity index (χ1) is 11.7. The number of carbonyl (C=O) groups is 1. The predicted molar refractivity (Wildman–Crippen MR) is 86.5 cm³/mol. The molecule has 1 heterocycles. The van der Waals surface area contributed by atoms with Crippen LogP contribution in [0.25, 0.3) is 0 Å². The van der Waals surface area contributed by atoms with E-state index in [2.05, 4.69) is 5.43 Å². The Morgan fingerprint density at radius 1 is 1.16 bits per heavy atom. The zero-order chi connectivity index (χ0) is 18.2. The molecule has 2 aliphatic rings. The summed E-state index contributed by atoms with van der Waals surface area (Å²) < 4.78 is 40.6. The molecule has 3 rings (SSSR count). The first-order valence-electron chi connectivity index (χ1n) is 8.09. The Kier molecular flexibility index (Phi) is 4.72. The van der Waals surface area contributed by atoms with Gasteiger partial charge in [0.15, 0.2) is 0 Å². The fourth-order valence-corrected chi connectivity index (χ4v) is 3.37. The van der Waals surface area contributed by atoms with Gasteiger partial charge in [-0.05, 0) is 55.5 Å². The summed E-state index contributed by atoms with van der Waals surface area (Å²) in [6.45, 7) is 0. The summed E-state index contributed by atoms with van der Waals surface area (Å²) in [5.74, 6) is -0.956. The lowest BCUT2D eigenvalue weighted by atomic mass is 9.91. The van der Waals surface area contributed by atoms with Gasteiger partial charge in [0.1, 0.15) is 0 Å². The number of benzene rings is 1. The van der Waals surface area contributed by atoms with Crippen molar-refractivity contribution in [3.63, 3.8) is 0 Å². The van der Waals surface area contributed by atoms with Crippen LogP contribution in [0.3, 0.4) is 0 Å². The maximum atomic E-state index is 13.5. The van der Waals surface area contributed by atoms with Gasteiger partial charge >= 0.3 is 6.18 Å². The van der Waals surface area contributed by atoms with Crippen molar-refractivity contribution in [2.75, 3.05) is 0 Å². The van der Waals surface area contributed by atoms with Crippen molar-refractivity contribution in [3.05, 3.63) is 46.1 Å². The average molecular weight is 375 g/mol. The molecule has 1 aliphatic carbocycles. The number of nitrogens with zero attached hydrogens (tertiary/aromatic N) is 1. The molecule has 2 N–H and O–H groups in total. The molecule has 136 valence electrons. The monoisotopic (exact) mass is 374 g/mol. The van der Waals surface area contributed by atoms with Crippen molar-refractivity contribution in [3.8, 4) is 0 Å². The Morgan fingerprint density at radius 2 is 1.76 bits per heavy atom. The SMILES string of the molecule is O=C(c1ccc(Cl)cc1)N1NC(=C2CCCCC2)C[C@]1(O)C(F)(F)F. The molecular formula is C17H18ClF3N2O2. The largest absolute Gasteiger partial charge is 0.438 e. The lowest BCUT2D eigenvalue weighted by molar-refractivity contribution is -0.299. The smallest absolute Gasteiger partial charge is 0.362 e. The van der Waals surface area contributed by atoms with E-state index >= 15 is 0 Å². The van der Waals surface area contributed by atoms with Crippen molar-refractivity contribution < 1.29 is 23.1 Å². The van der Waals surface area contributed by atoms with Crippen molar-refractivity contribution >= 4 is 17.5 Å². The van der Waals surface area contributed by atoms with Gasteiger partial charge < -0.3 is 5.11 Å². The second-order valence-electron chi connectivity index (χ2n) is 6.39. The number of halogens is 4. The molecule has 1 amide bonds. The van der Waals surface area contributed by atoms with Gasteiger partial charge in [-0.2, -0.15) is 13.2 Å². The number of hydrogen-bond donors (Lipinski definition) is 2. The van der Waals surface area contributed by atoms with Gasteiger partial charge in [0, 0.05) is 22.7 Å². The minimum Gasteiger partial charge on any atom is -0.362 e. The number of amides is 1. The van der Waals surface area contributed by atoms with Crippen LogP contribution in [0.15, 0.2) is 35.5 Å². The maximum absolute atomic E-state index is 13.5. The Labute approximate surface area is 148 Å². The molecule has 2 fully saturated rings. The summed E-state index contributed by atoms with van der Waals surface area (Å²) in [6, 6.07) is 5.49. The van der Waals surface area contributed by atoms with E-state index in [1.807, 2.05) is 0 Å². The van der Waals surface area contributed by atoms with E-state index in [-0.39, 0.29) is 5.56 Å². The Hall–Kier alpha value is -1.73. The van der Waals surface area contributed by atoms with Gasteiger partial charge in [-0.1, -0.05) is 18.0 Å². The van der Waals surface area contributed by atoms with E-state index in [1.54, 1.807) is 0 Å². The van der Waals surface area contributed by atoms with E-state index in [1.165, 1.54) is 24.3 Å². The molecule has 1 aliphatic heterocycles. The minimum atomic E-state index is -4.99. The fourth-order valence-electron chi connectivity index (χ4n) is 3.24. The van der Waals surface area contributed by atoms with Crippen molar-refractivity contribution in [2.45, 2.75) is 50.4 Å². The summed E-state index contributed by atoms with van der Waals surface area (Å²) in [5, 5.41) is 11.0. The molecule has 0 aromatic heterocycles. The van der Waals surface area contributed by atoms with Crippen LogP contribution >= 0.6 is 11.6 Å². The molecule has 0 bridgehead atoms. The van der Waals surface area contributed by atoms with E-state index in [0.717, 1.165) is 24.8 Å². The minimum absolute atomic E-state index is 0.00877. The van der Waals surface area contributed by atoms with E-state index < -0.39 is 24.2 Å². The van der Waals surface area contributed by atoms with Crippen molar-refractivity contribution in [1.29, 1.82) is 0 Å². The van der Waals surface area contributed by atoms with Crippen LogP contribution in [0.2, 0.25) is 5.02 Å². The van der Waals surface area contributed by atoms with Crippen LogP contribution in [0.1, 0.15) is 48.9 Å².